The van der Waals surface area contributed by atoms with Crippen molar-refractivity contribution in [2.75, 3.05) is 6.54 Å². The number of amides is 1. The zero-order valence-electron chi connectivity index (χ0n) is 10.5. The number of benzene rings is 1. The summed E-state index contributed by atoms with van der Waals surface area (Å²) >= 11 is 0. The van der Waals surface area contributed by atoms with Crippen LogP contribution in [0.4, 0.5) is 0 Å². The Morgan fingerprint density at radius 2 is 1.94 bits per heavy atom. The highest BCUT2D eigenvalue weighted by atomic mass is 16.3. The smallest absolute Gasteiger partial charge is 0.220 e. The SMILES string of the molecule is CC(O)CCC(=O)NCC(C)c1ccccc1. The molecule has 2 N–H and O–H groups in total. The molecule has 3 nitrogen and oxygen atoms in total. The molecule has 94 valence electrons. The molecule has 0 heterocycles. The van der Waals surface area contributed by atoms with Crippen molar-refractivity contribution in [3.05, 3.63) is 35.9 Å². The van der Waals surface area contributed by atoms with E-state index in [-0.39, 0.29) is 5.91 Å². The van der Waals surface area contributed by atoms with Crippen LogP contribution in [0.5, 0.6) is 0 Å². The van der Waals surface area contributed by atoms with E-state index in [9.17, 15) is 4.79 Å². The zero-order valence-corrected chi connectivity index (χ0v) is 10.5. The number of rotatable bonds is 6. The molecule has 0 saturated heterocycles. The van der Waals surface area contributed by atoms with E-state index in [0.717, 1.165) is 0 Å². The van der Waals surface area contributed by atoms with Crippen molar-refractivity contribution in [1.29, 1.82) is 0 Å². The monoisotopic (exact) mass is 235 g/mol. The number of hydrogen-bond acceptors (Lipinski definition) is 2. The normalized spacial score (nSPS) is 14.1. The Morgan fingerprint density at radius 1 is 1.29 bits per heavy atom. The first-order chi connectivity index (χ1) is 8.09. The molecule has 1 rings (SSSR count). The maximum Gasteiger partial charge on any atom is 0.220 e. The van der Waals surface area contributed by atoms with Gasteiger partial charge in [0.05, 0.1) is 6.10 Å². The predicted molar refractivity (Wildman–Crippen MR) is 68.8 cm³/mol. The summed E-state index contributed by atoms with van der Waals surface area (Å²) in [7, 11) is 0. The fraction of sp³-hybridized carbons (Fsp3) is 0.500. The van der Waals surface area contributed by atoms with Gasteiger partial charge in [-0.15, -0.1) is 0 Å². The van der Waals surface area contributed by atoms with Crippen LogP contribution in [0.25, 0.3) is 0 Å². The summed E-state index contributed by atoms with van der Waals surface area (Å²) < 4.78 is 0. The molecule has 1 amide bonds. The van der Waals surface area contributed by atoms with E-state index < -0.39 is 6.10 Å². The average molecular weight is 235 g/mol. The van der Waals surface area contributed by atoms with Crippen LogP contribution in [-0.2, 0) is 4.79 Å². The number of nitrogens with one attached hydrogen (secondary N) is 1. The lowest BCUT2D eigenvalue weighted by Crippen LogP contribution is -2.27. The first-order valence-corrected chi connectivity index (χ1v) is 6.09. The van der Waals surface area contributed by atoms with Crippen LogP contribution in [0.15, 0.2) is 30.3 Å². The van der Waals surface area contributed by atoms with Crippen molar-refractivity contribution >= 4 is 5.91 Å². The van der Waals surface area contributed by atoms with Gasteiger partial charge >= 0.3 is 0 Å². The minimum Gasteiger partial charge on any atom is -0.393 e. The zero-order chi connectivity index (χ0) is 12.7. The third-order valence-corrected chi connectivity index (χ3v) is 2.76. The summed E-state index contributed by atoms with van der Waals surface area (Å²) in [4.78, 5) is 11.5. The first kappa shape index (κ1) is 13.7. The lowest BCUT2D eigenvalue weighted by atomic mass is 10.0. The number of aliphatic hydroxyl groups excluding tert-OH is 1. The van der Waals surface area contributed by atoms with Gasteiger partial charge in [-0.05, 0) is 24.8 Å². The molecule has 1 aromatic carbocycles. The summed E-state index contributed by atoms with van der Waals surface area (Å²) in [5.74, 6) is 0.320. The van der Waals surface area contributed by atoms with Gasteiger partial charge in [-0.2, -0.15) is 0 Å². The maximum absolute atomic E-state index is 11.5. The third kappa shape index (κ3) is 5.50. The molecule has 2 unspecified atom stereocenters. The van der Waals surface area contributed by atoms with Crippen LogP contribution in [0.3, 0.4) is 0 Å². The van der Waals surface area contributed by atoms with Crippen LogP contribution in [0, 0.1) is 0 Å². The van der Waals surface area contributed by atoms with E-state index in [0.29, 0.717) is 25.3 Å². The molecular formula is C14H21NO2. The van der Waals surface area contributed by atoms with Gasteiger partial charge in [0, 0.05) is 13.0 Å². The molecule has 0 aliphatic rings. The van der Waals surface area contributed by atoms with Gasteiger partial charge in [-0.1, -0.05) is 37.3 Å². The number of carbonyl (C=O) groups is 1. The molecule has 0 aliphatic carbocycles. The van der Waals surface area contributed by atoms with Gasteiger partial charge in [0.1, 0.15) is 0 Å². The van der Waals surface area contributed by atoms with Crippen molar-refractivity contribution in [2.45, 2.75) is 38.7 Å². The second-order valence-corrected chi connectivity index (χ2v) is 4.50. The lowest BCUT2D eigenvalue weighted by molar-refractivity contribution is -0.121. The van der Waals surface area contributed by atoms with E-state index in [2.05, 4.69) is 24.4 Å². The Morgan fingerprint density at radius 3 is 2.53 bits per heavy atom. The van der Waals surface area contributed by atoms with Crippen LogP contribution in [0.1, 0.15) is 38.2 Å². The summed E-state index contributed by atoms with van der Waals surface area (Å²) in [6.45, 7) is 4.42. The Labute approximate surface area is 103 Å². The fourth-order valence-corrected chi connectivity index (χ4v) is 1.59. The second kappa shape index (κ2) is 7.07. The standard InChI is InChI=1S/C14H21NO2/c1-11(13-6-4-3-5-7-13)10-15-14(17)9-8-12(2)16/h3-7,11-12,16H,8-10H2,1-2H3,(H,15,17). The summed E-state index contributed by atoms with van der Waals surface area (Å²) in [6.07, 6.45) is 0.498. The molecule has 0 bridgehead atoms. The lowest BCUT2D eigenvalue weighted by Gasteiger charge is -2.13. The molecule has 0 fully saturated rings. The van der Waals surface area contributed by atoms with Crippen LogP contribution in [0.2, 0.25) is 0 Å². The number of carbonyl (C=O) groups excluding carboxylic acids is 1. The molecule has 1 aromatic rings. The third-order valence-electron chi connectivity index (χ3n) is 2.76. The number of aliphatic hydroxyl groups is 1. The predicted octanol–water partition coefficient (Wildman–Crippen LogP) is 2.07. The van der Waals surface area contributed by atoms with Crippen molar-refractivity contribution in [1.82, 2.24) is 5.32 Å². The topological polar surface area (TPSA) is 49.3 Å². The molecular weight excluding hydrogens is 214 g/mol. The minimum absolute atomic E-state index is 0.00804. The molecule has 0 saturated carbocycles. The van der Waals surface area contributed by atoms with Gasteiger partial charge in [0.15, 0.2) is 0 Å². The highest BCUT2D eigenvalue weighted by Gasteiger charge is 2.08. The van der Waals surface area contributed by atoms with Gasteiger partial charge in [0.2, 0.25) is 5.91 Å². The fourth-order valence-electron chi connectivity index (χ4n) is 1.59. The van der Waals surface area contributed by atoms with Gasteiger partial charge in [-0.3, -0.25) is 4.79 Å². The van der Waals surface area contributed by atoms with Crippen LogP contribution >= 0.6 is 0 Å². The molecule has 0 radical (unpaired) electrons. The van der Waals surface area contributed by atoms with E-state index in [1.165, 1.54) is 5.56 Å². The van der Waals surface area contributed by atoms with Crippen LogP contribution in [-0.4, -0.2) is 23.7 Å². The van der Waals surface area contributed by atoms with Gasteiger partial charge < -0.3 is 10.4 Å². The Balaban J connectivity index is 2.29. The highest BCUT2D eigenvalue weighted by Crippen LogP contribution is 2.13. The molecule has 0 aromatic heterocycles. The van der Waals surface area contributed by atoms with Gasteiger partial charge in [-0.25, -0.2) is 0 Å². The molecule has 0 aliphatic heterocycles. The van der Waals surface area contributed by atoms with Gasteiger partial charge in [0.25, 0.3) is 0 Å². The quantitative estimate of drug-likeness (QED) is 0.793. The summed E-state index contributed by atoms with van der Waals surface area (Å²) in [5.41, 5.74) is 1.23. The van der Waals surface area contributed by atoms with Crippen molar-refractivity contribution < 1.29 is 9.90 Å². The molecule has 17 heavy (non-hydrogen) atoms. The Bertz CT molecular complexity index is 335. The maximum atomic E-state index is 11.5. The number of hydrogen-bond donors (Lipinski definition) is 2. The summed E-state index contributed by atoms with van der Waals surface area (Å²) in [5, 5.41) is 12.0. The minimum atomic E-state index is -0.410. The first-order valence-electron chi connectivity index (χ1n) is 6.09. The van der Waals surface area contributed by atoms with E-state index >= 15 is 0 Å². The molecule has 0 spiro atoms. The van der Waals surface area contributed by atoms with Crippen LogP contribution < -0.4 is 5.32 Å². The largest absolute Gasteiger partial charge is 0.393 e. The van der Waals surface area contributed by atoms with E-state index in [1.807, 2.05) is 18.2 Å². The van der Waals surface area contributed by atoms with Crippen molar-refractivity contribution in [3.8, 4) is 0 Å². The average Bonchev–Trinajstić information content (AvgIpc) is 2.34. The highest BCUT2D eigenvalue weighted by molar-refractivity contribution is 5.75. The summed E-state index contributed by atoms with van der Waals surface area (Å²) in [6, 6.07) is 10.1. The second-order valence-electron chi connectivity index (χ2n) is 4.50. The van der Waals surface area contributed by atoms with E-state index in [4.69, 9.17) is 5.11 Å². The Kier molecular flexibility index (Phi) is 5.70. The molecule has 3 heteroatoms. The van der Waals surface area contributed by atoms with E-state index in [1.54, 1.807) is 6.92 Å². The van der Waals surface area contributed by atoms with Crippen molar-refractivity contribution in [3.63, 3.8) is 0 Å². The Hall–Kier alpha value is -1.35. The molecule has 2 atom stereocenters. The van der Waals surface area contributed by atoms with Crippen molar-refractivity contribution in [2.24, 2.45) is 0 Å².